The molecular weight excluding hydrogens is 1330 g/mol. The molecule has 0 atom stereocenters. The number of hydrogen-bond acceptors (Lipinski definition) is 8. The number of urea groups is 1. The number of nitrogens with zero attached hydrogens (tertiary/aromatic N) is 8. The molecule has 5 amide bonds. The van der Waals surface area contributed by atoms with Gasteiger partial charge in [0, 0.05) is 99.3 Å². The average Bonchev–Trinajstić information content (AvgIpc) is 0.863. The lowest BCUT2D eigenvalue weighted by atomic mass is 9.75. The van der Waals surface area contributed by atoms with Crippen molar-refractivity contribution in [3.8, 4) is 0 Å². The number of carbonyl (C=O) groups excluding carboxylic acids is 4. The van der Waals surface area contributed by atoms with Gasteiger partial charge in [-0.3, -0.25) is 14.4 Å². The number of rotatable bonds is 10. The van der Waals surface area contributed by atoms with Gasteiger partial charge in [-0.25, -0.2) is 17.5 Å². The van der Waals surface area contributed by atoms with Crippen LogP contribution in [0.2, 0.25) is 0 Å². The molecule has 7 fully saturated rings. The molecule has 0 spiro atoms. The number of carbonyl (C=O) groups is 4. The molecule has 0 aromatic rings. The predicted octanol–water partition coefficient (Wildman–Crippen LogP) is 23.7. The van der Waals surface area contributed by atoms with Crippen molar-refractivity contribution in [2.24, 2.45) is 79.3 Å². The van der Waals surface area contributed by atoms with Gasteiger partial charge in [-0.15, -0.1) is 0 Å². The first-order valence-electron chi connectivity index (χ1n) is 40.6. The fraction of sp³-hybridized carbons (Fsp3) is 0.956. The van der Waals surface area contributed by atoms with Crippen LogP contribution in [0.25, 0.3) is 0 Å². The predicted molar refractivity (Wildman–Crippen MR) is 473 cm³/mol. The molecule has 106 heavy (non-hydrogen) atoms. The fourth-order valence-corrected chi connectivity index (χ4v) is 17.3. The maximum atomic E-state index is 11.7. The largest absolute Gasteiger partial charge is 0.343 e. The van der Waals surface area contributed by atoms with Crippen LogP contribution in [0.5, 0.6) is 0 Å². The summed E-state index contributed by atoms with van der Waals surface area (Å²) in [6.07, 6.45) is 23.5. The summed E-state index contributed by atoms with van der Waals surface area (Å²) in [4.78, 5) is 60.6. The molecule has 0 bridgehead atoms. The maximum absolute atomic E-state index is 11.7. The van der Waals surface area contributed by atoms with E-state index in [4.69, 9.17) is 0 Å². The van der Waals surface area contributed by atoms with Crippen LogP contribution in [0.3, 0.4) is 0 Å². The van der Waals surface area contributed by atoms with E-state index in [1.54, 1.807) is 23.1 Å². The molecular formula is C91H196N8O6S. The first kappa shape index (κ1) is 117. The van der Waals surface area contributed by atoms with Gasteiger partial charge in [0.1, 0.15) is 0 Å². The Balaban J connectivity index is -0.000000214. The average molecular weight is 1530 g/mol. The zero-order valence-corrected chi connectivity index (χ0v) is 72.0. The Bertz CT molecular complexity index is 2310. The van der Waals surface area contributed by atoms with Crippen molar-refractivity contribution < 1.29 is 27.6 Å². The third-order valence-electron chi connectivity index (χ3n) is 22.7. The normalized spacial score (nSPS) is 19.2. The Morgan fingerprint density at radius 3 is 0.821 bits per heavy atom. The molecule has 0 aromatic carbocycles. The van der Waals surface area contributed by atoms with Gasteiger partial charge >= 0.3 is 6.03 Å². The van der Waals surface area contributed by atoms with E-state index >= 15 is 0 Å². The van der Waals surface area contributed by atoms with Gasteiger partial charge < -0.3 is 34.3 Å². The van der Waals surface area contributed by atoms with E-state index in [1.165, 1.54) is 129 Å². The van der Waals surface area contributed by atoms with E-state index in [-0.39, 0.29) is 69.7 Å². The Morgan fingerprint density at radius 2 is 0.594 bits per heavy atom. The van der Waals surface area contributed by atoms with Crippen molar-refractivity contribution in [1.82, 2.24) is 38.6 Å². The highest BCUT2D eigenvalue weighted by Gasteiger charge is 2.35. The second-order valence-corrected chi connectivity index (χ2v) is 41.7. The zero-order valence-electron chi connectivity index (χ0n) is 71.1. The molecule has 0 radical (unpaired) electrons. The lowest BCUT2D eigenvalue weighted by Crippen LogP contribution is -2.45. The monoisotopic (exact) mass is 1530 g/mol. The molecule has 14 nitrogen and oxygen atoms in total. The Kier molecular flexibility index (Phi) is 59.8. The fourth-order valence-electron chi connectivity index (χ4n) is 16.1. The smallest absolute Gasteiger partial charge is 0.319 e. The summed E-state index contributed by atoms with van der Waals surface area (Å²) in [5.74, 6) is 6.88. The number of amides is 5. The van der Waals surface area contributed by atoms with Crippen LogP contribution in [-0.2, 0) is 24.4 Å². The second kappa shape index (κ2) is 54.3. The SMILES string of the molecule is C.C.C.C.C.C.C.CC(=O)N1CCC(CC(C)(C)C)CC1.CCC(=O)N1CCC(C(C)(C)C)CC1.CCC(=O)N1CCC(CC(C)(C)C)CC1.CCCN1CCC(C(C)(C)C)CC1.CCN1CCC(C(C)(C)C)CC1.CCS(=O)(=O)N1CCC(CC(C)(C)C)CC1.CN(C)C(=O)N1CCC(C(C)(C)C)CC1. The van der Waals surface area contributed by atoms with Crippen LogP contribution >= 0.6 is 0 Å². The summed E-state index contributed by atoms with van der Waals surface area (Å²) in [6, 6.07) is 0.155. The molecule has 0 unspecified atom stereocenters. The third kappa shape index (κ3) is 49.1. The van der Waals surface area contributed by atoms with Crippen LogP contribution in [0.1, 0.15) is 367 Å². The van der Waals surface area contributed by atoms with Crippen molar-refractivity contribution in [3.63, 3.8) is 0 Å². The summed E-state index contributed by atoms with van der Waals surface area (Å²) in [5, 5.41) is 0. The van der Waals surface area contributed by atoms with Gasteiger partial charge in [-0.05, 0) is 241 Å². The van der Waals surface area contributed by atoms with Gasteiger partial charge in [-0.2, -0.15) is 0 Å². The van der Waals surface area contributed by atoms with Crippen molar-refractivity contribution in [1.29, 1.82) is 0 Å². The molecule has 7 saturated heterocycles. The van der Waals surface area contributed by atoms with Gasteiger partial charge in [0.25, 0.3) is 0 Å². The summed E-state index contributed by atoms with van der Waals surface area (Å²) in [7, 11) is 0.680. The molecule has 7 heterocycles. The van der Waals surface area contributed by atoms with E-state index in [0.29, 0.717) is 68.5 Å². The first-order valence-corrected chi connectivity index (χ1v) is 42.2. The van der Waals surface area contributed by atoms with Gasteiger partial charge in [-0.1, -0.05) is 225 Å². The zero-order chi connectivity index (χ0) is 76.1. The van der Waals surface area contributed by atoms with Crippen LogP contribution < -0.4 is 0 Å². The highest BCUT2D eigenvalue weighted by molar-refractivity contribution is 7.89. The lowest BCUT2D eigenvalue weighted by molar-refractivity contribution is -0.133. The number of likely N-dealkylation sites (tertiary alicyclic amines) is 6. The van der Waals surface area contributed by atoms with Crippen LogP contribution in [-0.4, -0.2) is 195 Å². The molecule has 0 aliphatic carbocycles. The Labute approximate surface area is 667 Å². The van der Waals surface area contributed by atoms with Crippen molar-refractivity contribution in [2.75, 3.05) is 125 Å². The first-order chi connectivity index (χ1) is 45.4. The quantitative estimate of drug-likeness (QED) is 0.212. The van der Waals surface area contributed by atoms with Gasteiger partial charge in [0.05, 0.1) is 5.75 Å². The molecule has 0 saturated carbocycles. The standard InChI is InChI=1S/C13H25NO.C12H24N2O.C12H25NO2S.2C12H23NO.C12H25N.C11H23N.7CH4/c1-5-12(15)14-8-6-11(7-9-14)10-13(2,3)4;1-12(2,3)10-6-8-14(9-7-10)11(15)13(4)5;1-5-16(14,15)13-8-6-11(7-9-13)10-12(2,3)4;1-10(14)13-7-5-11(6-8-13)9-12(2,3)4;1-5-11(14)13-8-6-10(7-9-13)12(2,3)4;1-5-8-13-9-6-11(7-10-13)12(2,3)4;1-5-12-8-6-10(7-9-12)11(2,3)4;;;;;;;/h11H,5-10H2,1-4H3;10H,6-9H2,1-5H3;11H,5-10H2,1-4H3;11H,5-9H2,1-4H3;10H,5-9H2,1-4H3;11H,5-10H2,1-4H3;10H,5-9H2,1-4H3;7*1H4. The Hall–Kier alpha value is -2.49. The minimum Gasteiger partial charge on any atom is -0.343 e. The minimum absolute atomic E-state index is 0. The molecule has 7 rings (SSSR count). The van der Waals surface area contributed by atoms with Crippen LogP contribution in [0.4, 0.5) is 4.79 Å². The van der Waals surface area contributed by atoms with Gasteiger partial charge in [0.2, 0.25) is 27.7 Å². The number of piperidine rings is 7. The van der Waals surface area contributed by atoms with E-state index in [9.17, 15) is 27.6 Å². The molecule has 15 heteroatoms. The molecule has 642 valence electrons. The summed E-state index contributed by atoms with van der Waals surface area (Å²) < 4.78 is 25.0. The molecule has 0 aromatic heterocycles. The number of sulfonamides is 1. The third-order valence-corrected chi connectivity index (χ3v) is 24.6. The van der Waals surface area contributed by atoms with Crippen molar-refractivity contribution in [3.05, 3.63) is 0 Å². The summed E-state index contributed by atoms with van der Waals surface area (Å²) >= 11 is 0. The second-order valence-electron chi connectivity index (χ2n) is 39.4. The van der Waals surface area contributed by atoms with Crippen molar-refractivity contribution in [2.45, 2.75) is 367 Å². The van der Waals surface area contributed by atoms with E-state index in [2.05, 4.69) is 169 Å². The minimum atomic E-state index is -2.96. The lowest BCUT2D eigenvalue weighted by Gasteiger charge is -2.39. The maximum Gasteiger partial charge on any atom is 0.319 e. The summed E-state index contributed by atoms with van der Waals surface area (Å²) in [6.45, 7) is 77.3. The van der Waals surface area contributed by atoms with Crippen LogP contribution in [0.15, 0.2) is 0 Å². The molecule has 7 aliphatic heterocycles. The highest BCUT2D eigenvalue weighted by atomic mass is 32.2. The Morgan fingerprint density at radius 1 is 0.349 bits per heavy atom. The van der Waals surface area contributed by atoms with E-state index in [1.807, 2.05) is 47.5 Å². The van der Waals surface area contributed by atoms with Crippen LogP contribution in [0, 0.1) is 79.3 Å². The topological polar surface area (TPSA) is 128 Å². The molecule has 7 aliphatic rings. The molecule has 0 N–H and O–H groups in total. The van der Waals surface area contributed by atoms with Gasteiger partial charge in [0.15, 0.2) is 0 Å². The van der Waals surface area contributed by atoms with E-state index < -0.39 is 10.0 Å². The number of hydrogen-bond donors (Lipinski definition) is 0. The van der Waals surface area contributed by atoms with Crippen molar-refractivity contribution >= 4 is 33.8 Å². The summed E-state index contributed by atoms with van der Waals surface area (Å²) in [5.41, 5.74) is 3.06. The van der Waals surface area contributed by atoms with E-state index in [0.717, 1.165) is 127 Å². The highest BCUT2D eigenvalue weighted by Crippen LogP contribution is 2.39.